The van der Waals surface area contributed by atoms with Gasteiger partial charge in [-0.1, -0.05) is 61.9 Å². The molecule has 1 aliphatic rings. The zero-order valence-corrected chi connectivity index (χ0v) is 12.7. The lowest BCUT2D eigenvalue weighted by molar-refractivity contribution is 0.123. The fourth-order valence-corrected chi connectivity index (χ4v) is 3.50. The summed E-state index contributed by atoms with van der Waals surface area (Å²) in [5, 5.41) is 10.5. The highest BCUT2D eigenvalue weighted by Crippen LogP contribution is 2.30. The molecule has 2 rings (SSSR count). The summed E-state index contributed by atoms with van der Waals surface area (Å²) in [5.74, 6) is 0.910. The first kappa shape index (κ1) is 15.5. The Morgan fingerprint density at radius 3 is 2.65 bits per heavy atom. The van der Waals surface area contributed by atoms with Gasteiger partial charge >= 0.3 is 0 Å². The molecule has 2 heteroatoms. The summed E-state index contributed by atoms with van der Waals surface area (Å²) in [6, 6.07) is 8.39. The molecule has 1 aromatic carbocycles. The van der Waals surface area contributed by atoms with Crippen molar-refractivity contribution in [1.29, 1.82) is 0 Å². The third-order valence-electron chi connectivity index (χ3n) is 4.78. The smallest absolute Gasteiger partial charge is 0.0621 e. The molecule has 0 amide bonds. The topological polar surface area (TPSA) is 46.2 Å². The van der Waals surface area contributed by atoms with Crippen molar-refractivity contribution in [2.75, 3.05) is 6.54 Å². The number of aryl methyl sites for hydroxylation is 1. The monoisotopic (exact) mass is 275 g/mol. The second-order valence-corrected chi connectivity index (χ2v) is 6.41. The lowest BCUT2D eigenvalue weighted by Gasteiger charge is -2.26. The molecule has 3 N–H and O–H groups in total. The molecule has 2 nitrogen and oxygen atoms in total. The van der Waals surface area contributed by atoms with Gasteiger partial charge in [0.25, 0.3) is 0 Å². The third kappa shape index (κ3) is 4.32. The van der Waals surface area contributed by atoms with E-state index >= 15 is 0 Å². The van der Waals surface area contributed by atoms with Crippen LogP contribution >= 0.6 is 0 Å². The SMILES string of the molecule is Cc1cccc(C(CN)C(O)CCC2CCCCC2)c1. The highest BCUT2D eigenvalue weighted by molar-refractivity contribution is 5.26. The van der Waals surface area contributed by atoms with Crippen LogP contribution in [0.1, 0.15) is 62.0 Å². The Hall–Kier alpha value is -0.860. The Labute approximate surface area is 123 Å². The molecular weight excluding hydrogens is 246 g/mol. The number of hydrogen-bond acceptors (Lipinski definition) is 2. The van der Waals surface area contributed by atoms with E-state index in [0.717, 1.165) is 18.8 Å². The van der Waals surface area contributed by atoms with Crippen LogP contribution in [-0.4, -0.2) is 17.8 Å². The molecule has 0 saturated heterocycles. The maximum Gasteiger partial charge on any atom is 0.0621 e. The van der Waals surface area contributed by atoms with Crippen LogP contribution in [0, 0.1) is 12.8 Å². The van der Waals surface area contributed by atoms with Crippen molar-refractivity contribution in [3.05, 3.63) is 35.4 Å². The average Bonchev–Trinajstić information content (AvgIpc) is 2.47. The minimum absolute atomic E-state index is 0.0819. The molecule has 0 aromatic heterocycles. The largest absolute Gasteiger partial charge is 0.392 e. The van der Waals surface area contributed by atoms with E-state index in [4.69, 9.17) is 5.73 Å². The molecule has 0 bridgehead atoms. The third-order valence-corrected chi connectivity index (χ3v) is 4.78. The van der Waals surface area contributed by atoms with Crippen LogP contribution in [0.4, 0.5) is 0 Å². The maximum absolute atomic E-state index is 10.5. The molecule has 2 unspecified atom stereocenters. The van der Waals surface area contributed by atoms with Crippen LogP contribution in [0.2, 0.25) is 0 Å². The minimum atomic E-state index is -0.302. The van der Waals surface area contributed by atoms with Crippen molar-refractivity contribution in [1.82, 2.24) is 0 Å². The van der Waals surface area contributed by atoms with E-state index < -0.39 is 0 Å². The fourth-order valence-electron chi connectivity index (χ4n) is 3.50. The van der Waals surface area contributed by atoms with Gasteiger partial charge in [0.05, 0.1) is 6.10 Å². The summed E-state index contributed by atoms with van der Waals surface area (Å²) in [5.41, 5.74) is 8.32. The van der Waals surface area contributed by atoms with Crippen LogP contribution < -0.4 is 5.73 Å². The van der Waals surface area contributed by atoms with Gasteiger partial charge in [-0.3, -0.25) is 0 Å². The highest BCUT2D eigenvalue weighted by atomic mass is 16.3. The molecule has 0 aliphatic heterocycles. The number of aliphatic hydroxyl groups excluding tert-OH is 1. The lowest BCUT2D eigenvalue weighted by Crippen LogP contribution is -2.26. The molecule has 1 aromatic rings. The second kappa shape index (κ2) is 7.80. The Morgan fingerprint density at radius 1 is 1.25 bits per heavy atom. The van der Waals surface area contributed by atoms with Gasteiger partial charge in [-0.2, -0.15) is 0 Å². The first-order chi connectivity index (χ1) is 9.70. The molecule has 112 valence electrons. The number of benzene rings is 1. The van der Waals surface area contributed by atoms with Crippen molar-refractivity contribution in [3.63, 3.8) is 0 Å². The quantitative estimate of drug-likeness (QED) is 0.830. The van der Waals surface area contributed by atoms with Gasteiger partial charge in [-0.15, -0.1) is 0 Å². The standard InChI is InChI=1S/C18H29NO/c1-14-6-5-9-16(12-14)17(13-19)18(20)11-10-15-7-3-2-4-8-15/h5-6,9,12,15,17-18,20H,2-4,7-8,10-11,13,19H2,1H3. The van der Waals surface area contributed by atoms with E-state index in [1.54, 1.807) is 0 Å². The van der Waals surface area contributed by atoms with Crippen LogP contribution in [-0.2, 0) is 0 Å². The Morgan fingerprint density at radius 2 is 2.00 bits per heavy atom. The van der Waals surface area contributed by atoms with Crippen LogP contribution in [0.25, 0.3) is 0 Å². The van der Waals surface area contributed by atoms with E-state index in [1.165, 1.54) is 43.2 Å². The molecule has 20 heavy (non-hydrogen) atoms. The molecule has 1 saturated carbocycles. The summed E-state index contributed by atoms with van der Waals surface area (Å²) in [7, 11) is 0. The van der Waals surface area contributed by atoms with Crippen molar-refractivity contribution in [2.24, 2.45) is 11.7 Å². The first-order valence-electron chi connectivity index (χ1n) is 8.15. The average molecular weight is 275 g/mol. The van der Waals surface area contributed by atoms with E-state index in [-0.39, 0.29) is 12.0 Å². The molecule has 0 spiro atoms. The van der Waals surface area contributed by atoms with E-state index in [0.29, 0.717) is 6.54 Å². The van der Waals surface area contributed by atoms with E-state index in [1.807, 2.05) is 0 Å². The van der Waals surface area contributed by atoms with Gasteiger partial charge < -0.3 is 10.8 Å². The molecule has 2 atom stereocenters. The normalized spacial score (nSPS) is 19.8. The Bertz CT molecular complexity index is 398. The predicted molar refractivity (Wildman–Crippen MR) is 84.8 cm³/mol. The van der Waals surface area contributed by atoms with Gasteiger partial charge in [-0.25, -0.2) is 0 Å². The lowest BCUT2D eigenvalue weighted by atomic mass is 9.83. The summed E-state index contributed by atoms with van der Waals surface area (Å²) >= 11 is 0. The van der Waals surface area contributed by atoms with Crippen LogP contribution in [0.5, 0.6) is 0 Å². The Balaban J connectivity index is 1.89. The van der Waals surface area contributed by atoms with Crippen LogP contribution in [0.3, 0.4) is 0 Å². The number of hydrogen-bond donors (Lipinski definition) is 2. The number of nitrogens with two attached hydrogens (primary N) is 1. The van der Waals surface area contributed by atoms with E-state index in [2.05, 4.69) is 31.2 Å². The fraction of sp³-hybridized carbons (Fsp3) is 0.667. The minimum Gasteiger partial charge on any atom is -0.392 e. The van der Waals surface area contributed by atoms with Crippen molar-refractivity contribution in [2.45, 2.75) is 63.9 Å². The summed E-state index contributed by atoms with van der Waals surface area (Å²) in [6.07, 6.45) is 8.59. The second-order valence-electron chi connectivity index (χ2n) is 6.41. The highest BCUT2D eigenvalue weighted by Gasteiger charge is 2.22. The summed E-state index contributed by atoms with van der Waals surface area (Å²) in [4.78, 5) is 0. The Kier molecular flexibility index (Phi) is 6.06. The molecule has 1 aliphatic carbocycles. The summed E-state index contributed by atoms with van der Waals surface area (Å²) < 4.78 is 0. The first-order valence-corrected chi connectivity index (χ1v) is 8.15. The molecule has 0 heterocycles. The van der Waals surface area contributed by atoms with Gasteiger partial charge in [0.1, 0.15) is 0 Å². The molecular formula is C18H29NO. The maximum atomic E-state index is 10.5. The summed E-state index contributed by atoms with van der Waals surface area (Å²) in [6.45, 7) is 2.61. The number of aliphatic hydroxyl groups is 1. The van der Waals surface area contributed by atoms with E-state index in [9.17, 15) is 5.11 Å². The van der Waals surface area contributed by atoms with Gasteiger partial charge in [0.2, 0.25) is 0 Å². The molecule has 0 radical (unpaired) electrons. The molecule has 1 fully saturated rings. The van der Waals surface area contributed by atoms with Crippen molar-refractivity contribution < 1.29 is 5.11 Å². The van der Waals surface area contributed by atoms with Gasteiger partial charge in [0, 0.05) is 12.5 Å². The van der Waals surface area contributed by atoms with Crippen molar-refractivity contribution in [3.8, 4) is 0 Å². The van der Waals surface area contributed by atoms with Gasteiger partial charge in [-0.05, 0) is 31.2 Å². The number of rotatable bonds is 6. The predicted octanol–water partition coefficient (Wildman–Crippen LogP) is 3.76. The van der Waals surface area contributed by atoms with Crippen LogP contribution in [0.15, 0.2) is 24.3 Å². The zero-order chi connectivity index (χ0) is 14.4. The van der Waals surface area contributed by atoms with Gasteiger partial charge in [0.15, 0.2) is 0 Å². The van der Waals surface area contributed by atoms with Crippen molar-refractivity contribution >= 4 is 0 Å². The zero-order valence-electron chi connectivity index (χ0n) is 12.7.